The summed E-state index contributed by atoms with van der Waals surface area (Å²) in [6.45, 7) is 3.72. The molecule has 1 N–H and O–H groups in total. The molecule has 0 spiro atoms. The van der Waals surface area contributed by atoms with E-state index in [-0.39, 0.29) is 11.5 Å². The SMILES string of the molecule is CCCNc1ncc([N+](=O)[O-])c(N(C)CCOC)n1. The van der Waals surface area contributed by atoms with Crippen molar-refractivity contribution in [2.24, 2.45) is 0 Å². The highest BCUT2D eigenvalue weighted by Gasteiger charge is 2.20. The van der Waals surface area contributed by atoms with Crippen molar-refractivity contribution in [1.29, 1.82) is 0 Å². The van der Waals surface area contributed by atoms with Crippen LogP contribution in [0.5, 0.6) is 0 Å². The van der Waals surface area contributed by atoms with Crippen LogP contribution in [0.4, 0.5) is 17.5 Å². The quantitative estimate of drug-likeness (QED) is 0.561. The summed E-state index contributed by atoms with van der Waals surface area (Å²) in [4.78, 5) is 20.3. The minimum absolute atomic E-state index is 0.111. The molecule has 8 nitrogen and oxygen atoms in total. The summed E-state index contributed by atoms with van der Waals surface area (Å²) in [5, 5.41) is 14.0. The second-order valence-corrected chi connectivity index (χ2v) is 4.00. The second kappa shape index (κ2) is 7.47. The highest BCUT2D eigenvalue weighted by molar-refractivity contribution is 5.58. The normalized spacial score (nSPS) is 10.3. The Balaban J connectivity index is 2.97. The number of aromatic nitrogens is 2. The van der Waals surface area contributed by atoms with Gasteiger partial charge in [-0.1, -0.05) is 6.92 Å². The van der Waals surface area contributed by atoms with Crippen LogP contribution < -0.4 is 10.2 Å². The molecule has 0 aliphatic heterocycles. The third-order valence-electron chi connectivity index (χ3n) is 2.47. The van der Waals surface area contributed by atoms with E-state index >= 15 is 0 Å². The Morgan fingerprint density at radius 3 is 2.89 bits per heavy atom. The summed E-state index contributed by atoms with van der Waals surface area (Å²) in [5.41, 5.74) is -0.111. The number of anilines is 2. The van der Waals surface area contributed by atoms with Crippen molar-refractivity contribution < 1.29 is 9.66 Å². The first-order valence-electron chi connectivity index (χ1n) is 6.05. The molecule has 0 bridgehead atoms. The van der Waals surface area contributed by atoms with E-state index in [0.29, 0.717) is 19.1 Å². The fraction of sp³-hybridized carbons (Fsp3) is 0.636. The van der Waals surface area contributed by atoms with Crippen LogP contribution in [-0.2, 0) is 4.74 Å². The lowest BCUT2D eigenvalue weighted by Gasteiger charge is -2.17. The average molecular weight is 269 g/mol. The van der Waals surface area contributed by atoms with E-state index in [1.54, 1.807) is 19.1 Å². The maximum atomic E-state index is 11.0. The Hall–Kier alpha value is -1.96. The second-order valence-electron chi connectivity index (χ2n) is 4.00. The van der Waals surface area contributed by atoms with Crippen molar-refractivity contribution in [3.63, 3.8) is 0 Å². The van der Waals surface area contributed by atoms with Crippen molar-refractivity contribution >= 4 is 17.5 Å². The molecule has 0 atom stereocenters. The zero-order chi connectivity index (χ0) is 14.3. The maximum Gasteiger partial charge on any atom is 0.329 e. The Labute approximate surface area is 112 Å². The number of hydrogen-bond donors (Lipinski definition) is 1. The van der Waals surface area contributed by atoms with Gasteiger partial charge in [0.1, 0.15) is 6.20 Å². The van der Waals surface area contributed by atoms with Gasteiger partial charge in [0.2, 0.25) is 11.8 Å². The number of nitrogens with zero attached hydrogens (tertiary/aromatic N) is 4. The van der Waals surface area contributed by atoms with Gasteiger partial charge in [0.05, 0.1) is 11.5 Å². The Kier molecular flexibility index (Phi) is 5.94. The molecule has 0 unspecified atom stereocenters. The first-order chi connectivity index (χ1) is 9.10. The van der Waals surface area contributed by atoms with Gasteiger partial charge >= 0.3 is 5.69 Å². The van der Waals surface area contributed by atoms with Gasteiger partial charge in [-0.15, -0.1) is 0 Å². The molecule has 1 heterocycles. The summed E-state index contributed by atoms with van der Waals surface area (Å²) in [5.74, 6) is 0.683. The van der Waals surface area contributed by atoms with E-state index in [1.165, 1.54) is 6.20 Å². The Morgan fingerprint density at radius 2 is 2.32 bits per heavy atom. The molecule has 1 aromatic rings. The van der Waals surface area contributed by atoms with Crippen LogP contribution >= 0.6 is 0 Å². The van der Waals surface area contributed by atoms with Gasteiger partial charge in [0.15, 0.2) is 0 Å². The van der Waals surface area contributed by atoms with E-state index in [2.05, 4.69) is 15.3 Å². The number of nitro groups is 1. The molecule has 19 heavy (non-hydrogen) atoms. The van der Waals surface area contributed by atoms with Gasteiger partial charge in [-0.2, -0.15) is 4.98 Å². The van der Waals surface area contributed by atoms with Gasteiger partial charge in [-0.25, -0.2) is 4.98 Å². The predicted octanol–water partition coefficient (Wildman–Crippen LogP) is 1.29. The van der Waals surface area contributed by atoms with E-state index < -0.39 is 4.92 Å². The molecule has 0 saturated heterocycles. The van der Waals surface area contributed by atoms with Gasteiger partial charge < -0.3 is 15.0 Å². The number of ether oxygens (including phenoxy) is 1. The lowest BCUT2D eigenvalue weighted by molar-refractivity contribution is -0.384. The van der Waals surface area contributed by atoms with Gasteiger partial charge in [-0.05, 0) is 6.42 Å². The van der Waals surface area contributed by atoms with Crippen molar-refractivity contribution in [1.82, 2.24) is 9.97 Å². The summed E-state index contributed by atoms with van der Waals surface area (Å²) >= 11 is 0. The summed E-state index contributed by atoms with van der Waals surface area (Å²) in [6, 6.07) is 0. The number of methoxy groups -OCH3 is 1. The summed E-state index contributed by atoms with van der Waals surface area (Å²) in [6.07, 6.45) is 2.15. The monoisotopic (exact) mass is 269 g/mol. The molecule has 8 heteroatoms. The van der Waals surface area contributed by atoms with Crippen molar-refractivity contribution in [3.05, 3.63) is 16.3 Å². The van der Waals surface area contributed by atoms with Crippen LogP contribution in [0.15, 0.2) is 6.20 Å². The predicted molar refractivity (Wildman–Crippen MR) is 72.6 cm³/mol. The lowest BCUT2D eigenvalue weighted by atomic mass is 10.4. The number of likely N-dealkylation sites (N-methyl/N-ethyl adjacent to an activating group) is 1. The molecular weight excluding hydrogens is 250 g/mol. The Morgan fingerprint density at radius 1 is 1.58 bits per heavy atom. The molecule has 1 aromatic heterocycles. The first kappa shape index (κ1) is 15.1. The molecule has 0 fully saturated rings. The fourth-order valence-electron chi connectivity index (χ4n) is 1.43. The van der Waals surface area contributed by atoms with Gasteiger partial charge in [0, 0.05) is 27.2 Å². The zero-order valence-corrected chi connectivity index (χ0v) is 11.4. The zero-order valence-electron chi connectivity index (χ0n) is 11.4. The number of hydrogen-bond acceptors (Lipinski definition) is 7. The standard InChI is InChI=1S/C11H19N5O3/c1-4-5-12-11-13-8-9(16(17)18)10(14-11)15(2)6-7-19-3/h8H,4-7H2,1-3H3,(H,12,13,14). The topological polar surface area (TPSA) is 93.4 Å². The molecule has 0 aromatic carbocycles. The largest absolute Gasteiger partial charge is 0.383 e. The van der Waals surface area contributed by atoms with Gasteiger partial charge in [0.25, 0.3) is 0 Å². The first-order valence-corrected chi connectivity index (χ1v) is 6.05. The molecule has 1 rings (SSSR count). The number of rotatable bonds is 8. The molecular formula is C11H19N5O3. The highest BCUT2D eigenvalue weighted by Crippen LogP contribution is 2.24. The summed E-state index contributed by atoms with van der Waals surface area (Å²) < 4.78 is 4.96. The molecule has 0 aliphatic carbocycles. The summed E-state index contributed by atoms with van der Waals surface area (Å²) in [7, 11) is 3.31. The van der Waals surface area contributed by atoms with Crippen LogP contribution in [-0.4, -0.2) is 48.7 Å². The molecule has 106 valence electrons. The molecule has 0 aliphatic rings. The molecule has 0 radical (unpaired) electrons. The molecule has 0 saturated carbocycles. The average Bonchev–Trinajstić information content (AvgIpc) is 2.41. The third kappa shape index (κ3) is 4.32. The van der Waals surface area contributed by atoms with Gasteiger partial charge in [-0.3, -0.25) is 10.1 Å². The minimum atomic E-state index is -0.484. The van der Waals surface area contributed by atoms with Crippen LogP contribution in [0.2, 0.25) is 0 Å². The minimum Gasteiger partial charge on any atom is -0.383 e. The Bertz CT molecular complexity index is 427. The fourth-order valence-corrected chi connectivity index (χ4v) is 1.43. The van der Waals surface area contributed by atoms with Crippen molar-refractivity contribution in [2.45, 2.75) is 13.3 Å². The smallest absolute Gasteiger partial charge is 0.329 e. The molecule has 0 amide bonds. The van der Waals surface area contributed by atoms with E-state index in [0.717, 1.165) is 13.0 Å². The highest BCUT2D eigenvalue weighted by atomic mass is 16.6. The third-order valence-corrected chi connectivity index (χ3v) is 2.47. The van der Waals surface area contributed by atoms with E-state index in [4.69, 9.17) is 4.74 Å². The van der Waals surface area contributed by atoms with Crippen molar-refractivity contribution in [3.8, 4) is 0 Å². The number of nitrogens with one attached hydrogen (secondary N) is 1. The van der Waals surface area contributed by atoms with E-state index in [9.17, 15) is 10.1 Å². The van der Waals surface area contributed by atoms with Crippen LogP contribution in [0, 0.1) is 10.1 Å². The van der Waals surface area contributed by atoms with Crippen LogP contribution in [0.3, 0.4) is 0 Å². The van der Waals surface area contributed by atoms with Crippen LogP contribution in [0.25, 0.3) is 0 Å². The lowest BCUT2D eigenvalue weighted by Crippen LogP contribution is -2.24. The van der Waals surface area contributed by atoms with Crippen molar-refractivity contribution in [2.75, 3.05) is 44.1 Å². The van der Waals surface area contributed by atoms with Crippen LogP contribution in [0.1, 0.15) is 13.3 Å². The van der Waals surface area contributed by atoms with E-state index in [1.807, 2.05) is 6.92 Å². The maximum absolute atomic E-state index is 11.0.